The van der Waals surface area contributed by atoms with Gasteiger partial charge in [0.05, 0.1) is 5.56 Å². The van der Waals surface area contributed by atoms with Crippen LogP contribution < -0.4 is 0 Å². The van der Waals surface area contributed by atoms with Gasteiger partial charge in [-0.15, -0.1) is 0 Å². The van der Waals surface area contributed by atoms with Crippen LogP contribution in [0.25, 0.3) is 4.85 Å². The highest BCUT2D eigenvalue weighted by atomic mass is 16.6. The molecule has 0 aliphatic heterocycles. The zero-order valence-electron chi connectivity index (χ0n) is 10.9. The van der Waals surface area contributed by atoms with E-state index in [1.807, 2.05) is 20.8 Å². The Labute approximate surface area is 107 Å². The van der Waals surface area contributed by atoms with Crippen molar-refractivity contribution in [1.82, 2.24) is 4.98 Å². The summed E-state index contributed by atoms with van der Waals surface area (Å²) in [6, 6.07) is 3.44. The minimum atomic E-state index is -0.522. The molecule has 0 spiro atoms. The molecule has 1 aromatic heterocycles. The first-order valence-electron chi connectivity index (χ1n) is 5.95. The van der Waals surface area contributed by atoms with Crippen molar-refractivity contribution in [3.05, 3.63) is 41.0 Å². The Morgan fingerprint density at radius 1 is 1.44 bits per heavy atom. The topological polar surface area (TPSA) is 43.5 Å². The van der Waals surface area contributed by atoms with E-state index in [2.05, 4.69) is 9.83 Å². The normalized spacial score (nSPS) is 16.8. The molecule has 0 atom stereocenters. The van der Waals surface area contributed by atoms with Gasteiger partial charge in [-0.3, -0.25) is 0 Å². The van der Waals surface area contributed by atoms with E-state index in [9.17, 15) is 4.79 Å². The lowest BCUT2D eigenvalue weighted by Gasteiger charge is -2.19. The summed E-state index contributed by atoms with van der Waals surface area (Å²) in [4.78, 5) is 19.5. The summed E-state index contributed by atoms with van der Waals surface area (Å²) in [5, 5.41) is 0. The number of aromatic nitrogens is 1. The molecule has 0 amide bonds. The van der Waals surface area contributed by atoms with Crippen molar-refractivity contribution < 1.29 is 9.53 Å². The third kappa shape index (κ3) is 2.51. The van der Waals surface area contributed by atoms with Crippen LogP contribution in [0.4, 0.5) is 0 Å². The molecule has 0 N–H and O–H groups in total. The Hall–Kier alpha value is -1.89. The lowest BCUT2D eigenvalue weighted by Crippen LogP contribution is -2.24. The first-order chi connectivity index (χ1) is 8.36. The van der Waals surface area contributed by atoms with Crippen LogP contribution >= 0.6 is 0 Å². The van der Waals surface area contributed by atoms with Gasteiger partial charge in [0, 0.05) is 19.0 Å². The standard InChI is InChI=1S/C14H16N2O2/c1-13(2,3)18-12(17)11-6-5-10(9-16-11)14(15-4)7-8-14/h5-6,9H,7-8H2,1-3H3. The molecule has 1 aliphatic carbocycles. The average Bonchev–Trinajstić information content (AvgIpc) is 3.08. The maximum atomic E-state index is 11.8. The highest BCUT2D eigenvalue weighted by Gasteiger charge is 2.52. The smallest absolute Gasteiger partial charge is 0.357 e. The van der Waals surface area contributed by atoms with Crippen LogP contribution in [0.5, 0.6) is 0 Å². The quantitative estimate of drug-likeness (QED) is 0.593. The molecule has 0 bridgehead atoms. The number of hydrogen-bond donors (Lipinski definition) is 0. The Bertz CT molecular complexity index is 502. The summed E-state index contributed by atoms with van der Waals surface area (Å²) in [6.45, 7) is 12.6. The predicted octanol–water partition coefficient (Wildman–Crippen LogP) is 2.95. The van der Waals surface area contributed by atoms with Crippen molar-refractivity contribution in [2.75, 3.05) is 0 Å². The van der Waals surface area contributed by atoms with Crippen LogP contribution in [0.1, 0.15) is 49.7 Å². The van der Waals surface area contributed by atoms with E-state index in [0.717, 1.165) is 18.4 Å². The molecule has 0 aromatic carbocycles. The first-order valence-corrected chi connectivity index (χ1v) is 5.95. The Kier molecular flexibility index (Phi) is 2.86. The van der Waals surface area contributed by atoms with Gasteiger partial charge in [-0.1, -0.05) is 0 Å². The van der Waals surface area contributed by atoms with Gasteiger partial charge in [0.2, 0.25) is 0 Å². The van der Waals surface area contributed by atoms with Crippen LogP contribution in [0.2, 0.25) is 0 Å². The molecule has 1 saturated carbocycles. The van der Waals surface area contributed by atoms with Gasteiger partial charge in [0.1, 0.15) is 11.3 Å². The molecule has 4 nitrogen and oxygen atoms in total. The van der Waals surface area contributed by atoms with Gasteiger partial charge in [-0.2, -0.15) is 0 Å². The van der Waals surface area contributed by atoms with Gasteiger partial charge >= 0.3 is 5.97 Å². The van der Waals surface area contributed by atoms with Crippen molar-refractivity contribution in [3.63, 3.8) is 0 Å². The Balaban J connectivity index is 2.14. The minimum absolute atomic E-state index is 0.287. The largest absolute Gasteiger partial charge is 0.455 e. The van der Waals surface area contributed by atoms with E-state index in [1.54, 1.807) is 18.3 Å². The van der Waals surface area contributed by atoms with E-state index < -0.39 is 11.6 Å². The van der Waals surface area contributed by atoms with E-state index >= 15 is 0 Å². The van der Waals surface area contributed by atoms with E-state index in [4.69, 9.17) is 11.3 Å². The zero-order valence-corrected chi connectivity index (χ0v) is 10.9. The number of esters is 1. The minimum Gasteiger partial charge on any atom is -0.455 e. The number of carbonyl (C=O) groups is 1. The molecule has 4 heteroatoms. The lowest BCUT2D eigenvalue weighted by molar-refractivity contribution is 0.00628. The number of carbonyl (C=O) groups excluding carboxylic acids is 1. The van der Waals surface area contributed by atoms with E-state index in [1.165, 1.54) is 0 Å². The third-order valence-corrected chi connectivity index (χ3v) is 2.85. The van der Waals surface area contributed by atoms with Gasteiger partial charge in [-0.05, 0) is 32.9 Å². The van der Waals surface area contributed by atoms with Crippen LogP contribution in [-0.2, 0) is 10.3 Å². The van der Waals surface area contributed by atoms with Crippen molar-refractivity contribution in [1.29, 1.82) is 0 Å². The summed E-state index contributed by atoms with van der Waals surface area (Å²) in [6.07, 6.45) is 3.37. The highest BCUT2D eigenvalue weighted by Crippen LogP contribution is 2.49. The highest BCUT2D eigenvalue weighted by molar-refractivity contribution is 5.87. The Morgan fingerprint density at radius 2 is 2.11 bits per heavy atom. The second kappa shape index (κ2) is 4.09. The molecule has 1 heterocycles. The maximum absolute atomic E-state index is 11.8. The maximum Gasteiger partial charge on any atom is 0.357 e. The number of rotatable bonds is 2. The fraction of sp³-hybridized carbons (Fsp3) is 0.500. The van der Waals surface area contributed by atoms with E-state index in [0.29, 0.717) is 0 Å². The van der Waals surface area contributed by atoms with Crippen molar-refractivity contribution in [3.8, 4) is 0 Å². The molecule has 18 heavy (non-hydrogen) atoms. The molecule has 0 radical (unpaired) electrons. The summed E-state index contributed by atoms with van der Waals surface area (Å²) >= 11 is 0. The molecule has 94 valence electrons. The average molecular weight is 244 g/mol. The number of nitrogens with zero attached hydrogens (tertiary/aromatic N) is 2. The Morgan fingerprint density at radius 3 is 2.50 bits per heavy atom. The summed E-state index contributed by atoms with van der Waals surface area (Å²) in [5.41, 5.74) is 0.282. The van der Waals surface area contributed by atoms with Gasteiger partial charge in [0.25, 0.3) is 5.54 Å². The van der Waals surface area contributed by atoms with Crippen molar-refractivity contribution in [2.24, 2.45) is 0 Å². The van der Waals surface area contributed by atoms with E-state index in [-0.39, 0.29) is 11.2 Å². The van der Waals surface area contributed by atoms with Crippen molar-refractivity contribution >= 4 is 5.97 Å². The molecule has 1 aliphatic rings. The summed E-state index contributed by atoms with van der Waals surface area (Å²) in [7, 11) is 0. The molecule has 0 unspecified atom stereocenters. The number of pyridine rings is 1. The fourth-order valence-corrected chi connectivity index (χ4v) is 1.70. The lowest BCUT2D eigenvalue weighted by atomic mass is 10.1. The van der Waals surface area contributed by atoms with Crippen LogP contribution in [0, 0.1) is 6.57 Å². The second-order valence-corrected chi connectivity index (χ2v) is 5.58. The van der Waals surface area contributed by atoms with Gasteiger partial charge in [0.15, 0.2) is 0 Å². The van der Waals surface area contributed by atoms with Crippen molar-refractivity contribution in [2.45, 2.75) is 44.8 Å². The monoisotopic (exact) mass is 244 g/mol. The molecule has 0 saturated heterocycles. The van der Waals surface area contributed by atoms with Crippen LogP contribution in [-0.4, -0.2) is 16.6 Å². The molecule has 1 fully saturated rings. The first kappa shape index (κ1) is 12.6. The summed E-state index contributed by atoms with van der Waals surface area (Å²) < 4.78 is 5.23. The molecule has 1 aromatic rings. The van der Waals surface area contributed by atoms with Crippen LogP contribution in [0.15, 0.2) is 18.3 Å². The SMILES string of the molecule is [C-]#[N+]C1(c2ccc(C(=O)OC(C)(C)C)nc2)CC1. The molecular weight excluding hydrogens is 228 g/mol. The fourth-order valence-electron chi connectivity index (χ4n) is 1.70. The third-order valence-electron chi connectivity index (χ3n) is 2.85. The number of ether oxygens (including phenoxy) is 1. The summed E-state index contributed by atoms with van der Waals surface area (Å²) in [5.74, 6) is -0.429. The van der Waals surface area contributed by atoms with Gasteiger partial charge in [-0.25, -0.2) is 16.4 Å². The predicted molar refractivity (Wildman–Crippen MR) is 66.9 cm³/mol. The number of hydrogen-bond acceptors (Lipinski definition) is 3. The molecular formula is C14H16N2O2. The molecule has 2 rings (SSSR count). The van der Waals surface area contributed by atoms with Gasteiger partial charge < -0.3 is 9.58 Å². The second-order valence-electron chi connectivity index (χ2n) is 5.58. The zero-order chi connectivity index (χ0) is 13.4. The van der Waals surface area contributed by atoms with Crippen LogP contribution in [0.3, 0.4) is 0 Å².